The fourth-order valence-electron chi connectivity index (χ4n) is 1.77. The smallest absolute Gasteiger partial charge is 0.162 e. The molecule has 0 radical (unpaired) electrons. The van der Waals surface area contributed by atoms with Crippen molar-refractivity contribution < 1.29 is 13.9 Å². The number of hydrogen-bond donors (Lipinski definition) is 0. The number of benzene rings is 2. The van der Waals surface area contributed by atoms with E-state index in [1.54, 1.807) is 0 Å². The summed E-state index contributed by atoms with van der Waals surface area (Å²) < 4.78 is 19.2. The monoisotopic (exact) mass is 269 g/mol. The van der Waals surface area contributed by atoms with Gasteiger partial charge in [0.25, 0.3) is 0 Å². The summed E-state index contributed by atoms with van der Waals surface area (Å²) in [6, 6.07) is 13.6. The van der Waals surface area contributed by atoms with Gasteiger partial charge < -0.3 is 4.74 Å². The van der Waals surface area contributed by atoms with Gasteiger partial charge in [-0.25, -0.2) is 4.39 Å². The highest BCUT2D eigenvalue weighted by Crippen LogP contribution is 2.23. The number of ether oxygens (including phenoxy) is 1. The first kappa shape index (κ1) is 13.8. The molecule has 20 heavy (non-hydrogen) atoms. The normalized spacial score (nSPS) is 9.85. The van der Waals surface area contributed by atoms with Gasteiger partial charge in [-0.1, -0.05) is 30.3 Å². The maximum Gasteiger partial charge on any atom is 0.162 e. The molecule has 0 aromatic heterocycles. The van der Waals surface area contributed by atoms with Crippen molar-refractivity contribution in [1.82, 2.24) is 0 Å². The van der Waals surface area contributed by atoms with Crippen molar-refractivity contribution in [3.05, 3.63) is 65.0 Å². The van der Waals surface area contributed by atoms with Gasteiger partial charge in [-0.15, -0.1) is 0 Å². The van der Waals surface area contributed by atoms with E-state index in [1.807, 2.05) is 36.4 Å². The number of hydrogen-bond acceptors (Lipinski definition) is 3. The molecule has 0 aliphatic heterocycles. The van der Waals surface area contributed by atoms with E-state index >= 15 is 0 Å². The number of carbonyl (C=O) groups is 1. The molecule has 0 N–H and O–H groups in total. The van der Waals surface area contributed by atoms with Crippen molar-refractivity contribution >= 4 is 5.78 Å². The summed E-state index contributed by atoms with van der Waals surface area (Å²) in [4.78, 5) is 11.2. The van der Waals surface area contributed by atoms with Crippen LogP contribution >= 0.6 is 0 Å². The quantitative estimate of drug-likeness (QED) is 0.798. The van der Waals surface area contributed by atoms with Crippen molar-refractivity contribution in [3.63, 3.8) is 0 Å². The molecule has 0 aliphatic carbocycles. The van der Waals surface area contributed by atoms with Crippen LogP contribution < -0.4 is 4.74 Å². The van der Waals surface area contributed by atoms with E-state index < -0.39 is 11.6 Å². The Morgan fingerprint density at radius 2 is 2.00 bits per heavy atom. The van der Waals surface area contributed by atoms with Crippen LogP contribution in [0.15, 0.2) is 42.5 Å². The molecule has 0 bridgehead atoms. The topological polar surface area (TPSA) is 50.1 Å². The second-order valence-corrected chi connectivity index (χ2v) is 4.27. The molecular weight excluding hydrogens is 257 g/mol. The van der Waals surface area contributed by atoms with Crippen molar-refractivity contribution in [1.29, 1.82) is 5.26 Å². The Balaban J connectivity index is 2.26. The van der Waals surface area contributed by atoms with Crippen LogP contribution in [-0.4, -0.2) is 5.78 Å². The number of ketones is 1. The van der Waals surface area contributed by atoms with E-state index in [0.29, 0.717) is 0 Å². The Morgan fingerprint density at radius 1 is 1.30 bits per heavy atom. The Kier molecular flexibility index (Phi) is 4.11. The second kappa shape index (κ2) is 5.98. The summed E-state index contributed by atoms with van der Waals surface area (Å²) in [6.45, 7) is 1.48. The minimum Gasteiger partial charge on any atom is -0.487 e. The molecule has 0 atom stereocenters. The van der Waals surface area contributed by atoms with Gasteiger partial charge >= 0.3 is 0 Å². The summed E-state index contributed by atoms with van der Waals surface area (Å²) in [5.74, 6) is -0.966. The molecule has 0 saturated heterocycles. The largest absolute Gasteiger partial charge is 0.487 e. The summed E-state index contributed by atoms with van der Waals surface area (Å²) >= 11 is 0. The molecule has 0 spiro atoms. The van der Waals surface area contributed by atoms with E-state index in [2.05, 4.69) is 0 Å². The lowest BCUT2D eigenvalue weighted by molar-refractivity contribution is 0.101. The first-order valence-corrected chi connectivity index (χ1v) is 6.03. The third-order valence-electron chi connectivity index (χ3n) is 2.81. The fourth-order valence-corrected chi connectivity index (χ4v) is 1.77. The molecule has 0 unspecified atom stereocenters. The SMILES string of the molecule is CC(=O)c1cc(C#N)c(OCc2ccccc2)cc1F. The van der Waals surface area contributed by atoms with Gasteiger partial charge in [-0.2, -0.15) is 5.26 Å². The lowest BCUT2D eigenvalue weighted by Gasteiger charge is -2.09. The predicted octanol–water partition coefficient (Wildman–Crippen LogP) is 3.48. The van der Waals surface area contributed by atoms with Crippen molar-refractivity contribution in [2.45, 2.75) is 13.5 Å². The van der Waals surface area contributed by atoms with Crippen molar-refractivity contribution in [3.8, 4) is 11.8 Å². The molecule has 2 aromatic rings. The average Bonchev–Trinajstić information content (AvgIpc) is 2.46. The number of rotatable bonds is 4. The molecule has 0 aliphatic rings. The van der Waals surface area contributed by atoms with Gasteiger partial charge in [0, 0.05) is 6.07 Å². The average molecular weight is 269 g/mol. The maximum absolute atomic E-state index is 13.7. The summed E-state index contributed by atoms with van der Waals surface area (Å²) in [6.07, 6.45) is 0. The van der Waals surface area contributed by atoms with Gasteiger partial charge in [-0.05, 0) is 18.6 Å². The van der Waals surface area contributed by atoms with Crippen LogP contribution in [0.3, 0.4) is 0 Å². The zero-order chi connectivity index (χ0) is 14.5. The number of Topliss-reactive ketones (excluding diaryl/α,β-unsaturated/α-hetero) is 1. The van der Waals surface area contributed by atoms with E-state index in [1.165, 1.54) is 13.0 Å². The zero-order valence-electron chi connectivity index (χ0n) is 10.9. The molecule has 0 saturated carbocycles. The Labute approximate surface area is 116 Å². The maximum atomic E-state index is 13.7. The molecule has 0 amide bonds. The van der Waals surface area contributed by atoms with Crippen LogP contribution in [0.5, 0.6) is 5.75 Å². The number of halogens is 1. The zero-order valence-corrected chi connectivity index (χ0v) is 10.9. The van der Waals surface area contributed by atoms with Gasteiger partial charge in [0.2, 0.25) is 0 Å². The highest BCUT2D eigenvalue weighted by atomic mass is 19.1. The third-order valence-corrected chi connectivity index (χ3v) is 2.81. The van der Waals surface area contributed by atoms with Crippen LogP contribution in [0.25, 0.3) is 0 Å². The van der Waals surface area contributed by atoms with Crippen molar-refractivity contribution in [2.24, 2.45) is 0 Å². The van der Waals surface area contributed by atoms with Gasteiger partial charge in [0.15, 0.2) is 5.78 Å². The number of nitriles is 1. The molecular formula is C16H12FNO2. The minimum atomic E-state index is -0.681. The summed E-state index contributed by atoms with van der Waals surface area (Å²) in [7, 11) is 0. The van der Waals surface area contributed by atoms with Crippen LogP contribution in [-0.2, 0) is 6.61 Å². The predicted molar refractivity (Wildman–Crippen MR) is 71.9 cm³/mol. The molecule has 0 fully saturated rings. The van der Waals surface area contributed by atoms with Crippen LogP contribution in [0.2, 0.25) is 0 Å². The van der Waals surface area contributed by atoms with Gasteiger partial charge in [0.05, 0.1) is 11.1 Å². The Bertz CT molecular complexity index is 675. The Hall–Kier alpha value is -2.67. The molecule has 4 heteroatoms. The highest BCUT2D eigenvalue weighted by molar-refractivity contribution is 5.95. The van der Waals surface area contributed by atoms with Gasteiger partial charge in [0.1, 0.15) is 24.2 Å². The minimum absolute atomic E-state index is 0.103. The first-order chi connectivity index (χ1) is 9.61. The molecule has 2 rings (SSSR count). The van der Waals surface area contributed by atoms with Crippen LogP contribution in [0, 0.1) is 17.1 Å². The van der Waals surface area contributed by atoms with Gasteiger partial charge in [-0.3, -0.25) is 4.79 Å². The molecule has 100 valence electrons. The standard InChI is InChI=1S/C16H12FNO2/c1-11(19)14-7-13(9-18)16(8-15(14)17)20-10-12-5-3-2-4-6-12/h2-8H,10H2,1H3. The van der Waals surface area contributed by atoms with Crippen molar-refractivity contribution in [2.75, 3.05) is 0 Å². The highest BCUT2D eigenvalue weighted by Gasteiger charge is 2.14. The van der Waals surface area contributed by atoms with Crippen LogP contribution in [0.4, 0.5) is 4.39 Å². The second-order valence-electron chi connectivity index (χ2n) is 4.27. The van der Waals surface area contributed by atoms with E-state index in [0.717, 1.165) is 11.6 Å². The lowest BCUT2D eigenvalue weighted by atomic mass is 10.1. The molecule has 0 heterocycles. The molecule has 3 nitrogen and oxygen atoms in total. The summed E-state index contributed by atoms with van der Waals surface area (Å²) in [5, 5.41) is 9.05. The molecule has 2 aromatic carbocycles. The van der Waals surface area contributed by atoms with E-state index in [-0.39, 0.29) is 23.5 Å². The van der Waals surface area contributed by atoms with Crippen LogP contribution in [0.1, 0.15) is 28.4 Å². The number of nitrogens with zero attached hydrogens (tertiary/aromatic N) is 1. The van der Waals surface area contributed by atoms with E-state index in [9.17, 15) is 9.18 Å². The Morgan fingerprint density at radius 3 is 2.60 bits per heavy atom. The summed E-state index contributed by atoms with van der Waals surface area (Å²) in [5.41, 5.74) is 0.952. The first-order valence-electron chi connectivity index (χ1n) is 6.03. The fraction of sp³-hybridized carbons (Fsp3) is 0.125. The lowest BCUT2D eigenvalue weighted by Crippen LogP contribution is -2.02. The third kappa shape index (κ3) is 3.01. The number of carbonyl (C=O) groups excluding carboxylic acids is 1. The van der Waals surface area contributed by atoms with E-state index in [4.69, 9.17) is 10.00 Å².